The maximum Gasteiger partial charge on any atom is 0.326 e. The molecule has 0 aromatic rings. The molecule has 170 valence electrons. The molecule has 0 saturated heterocycles. The Labute approximate surface area is 169 Å². The number of carboxylic acid groups (broad SMARTS) is 3. The van der Waals surface area contributed by atoms with Crippen molar-refractivity contribution in [2.75, 3.05) is 6.61 Å². The molecule has 0 spiro atoms. The lowest BCUT2D eigenvalue weighted by atomic mass is 10.1. The van der Waals surface area contributed by atoms with Crippen LogP contribution in [-0.2, 0) is 28.8 Å². The summed E-state index contributed by atoms with van der Waals surface area (Å²) in [7, 11) is 0. The zero-order chi connectivity index (χ0) is 23.6. The standard InChI is InChI=1S/C15H24N4O11/c1-5(21)11(14(28)18-8(15(29)30)3-10(24)25)19-13(27)7(2-9(22)23)17-12(26)6(16)4-20/h5-8,11,20-21H,2-4,16H2,1H3,(H,17,26)(H,18,28)(H,19,27)(H,22,23)(H,24,25)(H,29,30). The minimum absolute atomic E-state index is 0.800. The summed E-state index contributed by atoms with van der Waals surface area (Å²) >= 11 is 0. The molecule has 10 N–H and O–H groups in total. The Morgan fingerprint density at radius 3 is 1.67 bits per heavy atom. The van der Waals surface area contributed by atoms with E-state index in [0.717, 1.165) is 6.92 Å². The van der Waals surface area contributed by atoms with Gasteiger partial charge in [-0.3, -0.25) is 24.0 Å². The Morgan fingerprint density at radius 2 is 1.27 bits per heavy atom. The molecule has 30 heavy (non-hydrogen) atoms. The first kappa shape index (κ1) is 26.7. The number of rotatable bonds is 13. The van der Waals surface area contributed by atoms with Crippen molar-refractivity contribution < 1.29 is 54.3 Å². The van der Waals surface area contributed by atoms with Crippen molar-refractivity contribution in [3.8, 4) is 0 Å². The van der Waals surface area contributed by atoms with Gasteiger partial charge in [0.2, 0.25) is 17.7 Å². The van der Waals surface area contributed by atoms with E-state index in [-0.39, 0.29) is 0 Å². The predicted octanol–water partition coefficient (Wildman–Crippen LogP) is -4.82. The van der Waals surface area contributed by atoms with Crippen LogP contribution in [0.5, 0.6) is 0 Å². The van der Waals surface area contributed by atoms with Crippen LogP contribution in [0.1, 0.15) is 19.8 Å². The summed E-state index contributed by atoms with van der Waals surface area (Å²) in [6.07, 6.45) is -3.55. The molecule has 0 aliphatic heterocycles. The summed E-state index contributed by atoms with van der Waals surface area (Å²) in [5.41, 5.74) is 5.27. The Morgan fingerprint density at radius 1 is 0.800 bits per heavy atom. The average Bonchev–Trinajstić information content (AvgIpc) is 2.62. The second kappa shape index (κ2) is 12.3. The van der Waals surface area contributed by atoms with Gasteiger partial charge in [0.05, 0.1) is 25.6 Å². The summed E-state index contributed by atoms with van der Waals surface area (Å²) in [5.74, 6) is -8.30. The number of hydrogen-bond donors (Lipinski definition) is 9. The molecule has 15 nitrogen and oxygen atoms in total. The minimum atomic E-state index is -1.87. The fourth-order valence-electron chi connectivity index (χ4n) is 2.04. The van der Waals surface area contributed by atoms with Crippen molar-refractivity contribution in [1.29, 1.82) is 0 Å². The van der Waals surface area contributed by atoms with E-state index < -0.39 is 85.3 Å². The monoisotopic (exact) mass is 436 g/mol. The maximum atomic E-state index is 12.3. The largest absolute Gasteiger partial charge is 0.481 e. The number of amides is 3. The third kappa shape index (κ3) is 9.26. The van der Waals surface area contributed by atoms with Gasteiger partial charge in [-0.2, -0.15) is 0 Å². The van der Waals surface area contributed by atoms with Crippen LogP contribution in [0, 0.1) is 0 Å². The number of hydrogen-bond acceptors (Lipinski definition) is 9. The Kier molecular flexibility index (Phi) is 10.9. The SMILES string of the molecule is CC(O)C(NC(=O)C(CC(=O)O)NC(=O)C(N)CO)C(=O)NC(CC(=O)O)C(=O)O. The van der Waals surface area contributed by atoms with Crippen molar-refractivity contribution >= 4 is 35.6 Å². The van der Waals surface area contributed by atoms with Crippen LogP contribution < -0.4 is 21.7 Å². The topological polar surface area (TPSA) is 266 Å². The molecule has 0 rings (SSSR count). The minimum Gasteiger partial charge on any atom is -0.481 e. The van der Waals surface area contributed by atoms with Crippen LogP contribution in [0.3, 0.4) is 0 Å². The molecule has 0 fully saturated rings. The van der Waals surface area contributed by atoms with E-state index in [2.05, 4.69) is 0 Å². The smallest absolute Gasteiger partial charge is 0.326 e. The first-order valence-electron chi connectivity index (χ1n) is 8.42. The van der Waals surface area contributed by atoms with Gasteiger partial charge in [0, 0.05) is 0 Å². The molecule has 3 amide bonds. The van der Waals surface area contributed by atoms with Crippen LogP contribution in [0.25, 0.3) is 0 Å². The van der Waals surface area contributed by atoms with Gasteiger partial charge in [-0.05, 0) is 6.92 Å². The molecule has 0 heterocycles. The van der Waals surface area contributed by atoms with Crippen LogP contribution >= 0.6 is 0 Å². The number of carbonyl (C=O) groups excluding carboxylic acids is 3. The lowest BCUT2D eigenvalue weighted by Gasteiger charge is -2.25. The lowest BCUT2D eigenvalue weighted by molar-refractivity contribution is -0.148. The molecule has 15 heteroatoms. The Bertz CT molecular complexity index is 681. The highest BCUT2D eigenvalue weighted by molar-refractivity contribution is 5.96. The molecule has 0 aliphatic rings. The molecule has 0 saturated carbocycles. The highest BCUT2D eigenvalue weighted by Crippen LogP contribution is 2.01. The number of aliphatic hydroxyl groups is 2. The first-order valence-corrected chi connectivity index (χ1v) is 8.42. The highest BCUT2D eigenvalue weighted by Gasteiger charge is 2.34. The van der Waals surface area contributed by atoms with Crippen molar-refractivity contribution in [3.63, 3.8) is 0 Å². The molecule has 0 aromatic carbocycles. The summed E-state index contributed by atoms with van der Waals surface area (Å²) in [6.45, 7) is 0.246. The number of carboxylic acids is 3. The number of carbonyl (C=O) groups is 6. The van der Waals surface area contributed by atoms with E-state index in [1.54, 1.807) is 0 Å². The molecule has 0 aliphatic carbocycles. The van der Waals surface area contributed by atoms with Gasteiger partial charge in [-0.25, -0.2) is 4.79 Å². The Balaban J connectivity index is 5.42. The van der Waals surface area contributed by atoms with E-state index >= 15 is 0 Å². The lowest BCUT2D eigenvalue weighted by Crippen LogP contribution is -2.60. The van der Waals surface area contributed by atoms with Crippen molar-refractivity contribution in [2.45, 2.75) is 50.0 Å². The van der Waals surface area contributed by atoms with Crippen LogP contribution in [0.2, 0.25) is 0 Å². The number of aliphatic hydroxyl groups excluding tert-OH is 2. The first-order chi connectivity index (χ1) is 13.8. The summed E-state index contributed by atoms with van der Waals surface area (Å²) in [5, 5.41) is 50.9. The van der Waals surface area contributed by atoms with Gasteiger partial charge >= 0.3 is 17.9 Å². The van der Waals surface area contributed by atoms with Crippen molar-refractivity contribution in [3.05, 3.63) is 0 Å². The fourth-order valence-corrected chi connectivity index (χ4v) is 2.04. The predicted molar refractivity (Wildman–Crippen MR) is 94.7 cm³/mol. The van der Waals surface area contributed by atoms with E-state index in [0.29, 0.717) is 0 Å². The summed E-state index contributed by atoms with van der Waals surface area (Å²) in [6, 6.07) is -6.90. The molecular formula is C15H24N4O11. The molecule has 0 aromatic heterocycles. The van der Waals surface area contributed by atoms with Gasteiger partial charge in [0.25, 0.3) is 0 Å². The summed E-state index contributed by atoms with van der Waals surface area (Å²) in [4.78, 5) is 69.0. The molecule has 0 radical (unpaired) electrons. The molecule has 5 atom stereocenters. The van der Waals surface area contributed by atoms with Crippen molar-refractivity contribution in [1.82, 2.24) is 16.0 Å². The van der Waals surface area contributed by atoms with Gasteiger partial charge < -0.3 is 47.2 Å². The van der Waals surface area contributed by atoms with Crippen LogP contribution in [0.4, 0.5) is 0 Å². The van der Waals surface area contributed by atoms with Gasteiger partial charge in [0.15, 0.2) is 0 Å². The van der Waals surface area contributed by atoms with E-state index in [1.165, 1.54) is 0 Å². The molecule has 5 unspecified atom stereocenters. The zero-order valence-corrected chi connectivity index (χ0v) is 15.8. The van der Waals surface area contributed by atoms with Gasteiger partial charge in [0.1, 0.15) is 24.2 Å². The fraction of sp³-hybridized carbons (Fsp3) is 0.600. The third-order valence-electron chi connectivity index (χ3n) is 3.60. The van der Waals surface area contributed by atoms with Gasteiger partial charge in [-0.1, -0.05) is 0 Å². The number of nitrogens with two attached hydrogens (primary N) is 1. The summed E-state index contributed by atoms with van der Waals surface area (Å²) < 4.78 is 0. The molecular weight excluding hydrogens is 412 g/mol. The molecule has 0 bridgehead atoms. The average molecular weight is 436 g/mol. The second-order valence-electron chi connectivity index (χ2n) is 6.17. The van der Waals surface area contributed by atoms with E-state index in [4.69, 9.17) is 26.2 Å². The van der Waals surface area contributed by atoms with Gasteiger partial charge in [-0.15, -0.1) is 0 Å². The maximum absolute atomic E-state index is 12.3. The number of nitrogens with one attached hydrogen (secondary N) is 3. The third-order valence-corrected chi connectivity index (χ3v) is 3.60. The highest BCUT2D eigenvalue weighted by atomic mass is 16.4. The second-order valence-corrected chi connectivity index (χ2v) is 6.17. The zero-order valence-electron chi connectivity index (χ0n) is 15.8. The van der Waals surface area contributed by atoms with Crippen LogP contribution in [0.15, 0.2) is 0 Å². The number of aliphatic carboxylic acids is 3. The quantitative estimate of drug-likeness (QED) is 0.132. The van der Waals surface area contributed by atoms with Crippen LogP contribution in [-0.4, -0.2) is 98.0 Å². The van der Waals surface area contributed by atoms with Crippen molar-refractivity contribution in [2.24, 2.45) is 5.73 Å². The Hall–Kier alpha value is -3.30. The van der Waals surface area contributed by atoms with E-state index in [1.807, 2.05) is 16.0 Å². The normalized spacial score (nSPS) is 15.6. The van der Waals surface area contributed by atoms with E-state index in [9.17, 15) is 33.9 Å².